The third kappa shape index (κ3) is 1.28. The van der Waals surface area contributed by atoms with E-state index in [9.17, 15) is 14.4 Å². The molecule has 0 unspecified atom stereocenters. The smallest absolute Gasteiger partial charge is 0.355 e. The van der Waals surface area contributed by atoms with Crippen LogP contribution in [0.25, 0.3) is 0 Å². The van der Waals surface area contributed by atoms with Gasteiger partial charge in [-0.05, 0) is 24.1 Å². The molecule has 0 N–H and O–H groups in total. The van der Waals surface area contributed by atoms with Crippen LogP contribution < -0.4 is 0 Å². The summed E-state index contributed by atoms with van der Waals surface area (Å²) in [5.41, 5.74) is 1.85. The van der Waals surface area contributed by atoms with Crippen LogP contribution in [0.3, 0.4) is 0 Å². The van der Waals surface area contributed by atoms with Crippen LogP contribution in [-0.4, -0.2) is 17.7 Å². The average Bonchev–Trinajstić information content (AvgIpc) is 2.65. The fraction of sp³-hybridized carbons (Fsp3) is 0.0769. The van der Waals surface area contributed by atoms with Crippen molar-refractivity contribution in [2.75, 3.05) is 0 Å². The van der Waals surface area contributed by atoms with Crippen LogP contribution in [0, 0.1) is 0 Å². The second-order valence-electron chi connectivity index (χ2n) is 3.83. The highest BCUT2D eigenvalue weighted by atomic mass is 16.5. The highest BCUT2D eigenvalue weighted by Gasteiger charge is 2.36. The van der Waals surface area contributed by atoms with Gasteiger partial charge < -0.3 is 4.74 Å². The van der Waals surface area contributed by atoms with Crippen molar-refractivity contribution >= 4 is 17.7 Å². The number of carbonyl (C=O) groups excluding carboxylic acids is 3. The Kier molecular flexibility index (Phi) is 1.88. The second-order valence-corrected chi connectivity index (χ2v) is 3.83. The first-order valence-electron chi connectivity index (χ1n) is 5.06. The molecule has 2 aliphatic carbocycles. The standard InChI is InChI=1S/C13H6O4/c14-6-11-9-4-2-7-1-3-8(15)5-10(7)12(9)17-13(11)16/h1-3,5H,4H2. The molecule has 1 heterocycles. The lowest BCUT2D eigenvalue weighted by atomic mass is 9.87. The predicted octanol–water partition coefficient (Wildman–Crippen LogP) is 0.951. The molecule has 0 spiro atoms. The molecule has 0 radical (unpaired) electrons. The third-order valence-corrected chi connectivity index (χ3v) is 2.87. The summed E-state index contributed by atoms with van der Waals surface area (Å²) in [6.07, 6.45) is 6.83. The van der Waals surface area contributed by atoms with Gasteiger partial charge in [-0.25, -0.2) is 9.59 Å². The minimum Gasteiger partial charge on any atom is -0.421 e. The summed E-state index contributed by atoms with van der Waals surface area (Å²) < 4.78 is 5.03. The molecule has 82 valence electrons. The Hall–Kier alpha value is -2.45. The number of fused-ring (bicyclic) bond motifs is 2. The molecular weight excluding hydrogens is 220 g/mol. The van der Waals surface area contributed by atoms with Gasteiger partial charge >= 0.3 is 5.97 Å². The normalized spacial score (nSPS) is 21.5. The van der Waals surface area contributed by atoms with Crippen LogP contribution in [0.2, 0.25) is 0 Å². The van der Waals surface area contributed by atoms with Crippen molar-refractivity contribution in [2.24, 2.45) is 0 Å². The Labute approximate surface area is 96.3 Å². The number of ketones is 1. The van der Waals surface area contributed by atoms with Crippen LogP contribution in [-0.2, 0) is 19.1 Å². The first-order chi connectivity index (χ1) is 8.20. The molecule has 4 heteroatoms. The van der Waals surface area contributed by atoms with E-state index >= 15 is 0 Å². The maximum absolute atomic E-state index is 11.4. The third-order valence-electron chi connectivity index (χ3n) is 2.87. The molecule has 3 aliphatic rings. The monoisotopic (exact) mass is 226 g/mol. The molecule has 1 aliphatic heterocycles. The van der Waals surface area contributed by atoms with E-state index in [-0.39, 0.29) is 11.4 Å². The highest BCUT2D eigenvalue weighted by Crippen LogP contribution is 2.40. The zero-order chi connectivity index (χ0) is 12.0. The molecule has 0 aromatic heterocycles. The van der Waals surface area contributed by atoms with Crippen molar-refractivity contribution in [2.45, 2.75) is 6.42 Å². The lowest BCUT2D eigenvalue weighted by molar-refractivity contribution is -0.132. The van der Waals surface area contributed by atoms with Crippen LogP contribution in [0.15, 0.2) is 52.4 Å². The van der Waals surface area contributed by atoms with E-state index in [2.05, 4.69) is 0 Å². The van der Waals surface area contributed by atoms with Crippen LogP contribution in [0.5, 0.6) is 0 Å². The number of ether oxygens (including phenoxy) is 1. The first-order valence-corrected chi connectivity index (χ1v) is 5.06. The number of hydrogen-bond donors (Lipinski definition) is 0. The number of rotatable bonds is 0. The van der Waals surface area contributed by atoms with Crippen LogP contribution in [0.1, 0.15) is 6.42 Å². The summed E-state index contributed by atoms with van der Waals surface area (Å²) in [5.74, 6) is 1.06. The van der Waals surface area contributed by atoms with E-state index in [0.717, 1.165) is 5.57 Å². The topological polar surface area (TPSA) is 60.4 Å². The van der Waals surface area contributed by atoms with E-state index in [1.165, 1.54) is 12.2 Å². The summed E-state index contributed by atoms with van der Waals surface area (Å²) in [7, 11) is 0. The number of hydrogen-bond acceptors (Lipinski definition) is 4. The molecule has 0 aromatic carbocycles. The van der Waals surface area contributed by atoms with Crippen molar-refractivity contribution in [3.63, 3.8) is 0 Å². The molecule has 3 rings (SSSR count). The molecular formula is C13H6O4. The lowest BCUT2D eigenvalue weighted by Crippen LogP contribution is -2.07. The number of esters is 1. The summed E-state index contributed by atoms with van der Waals surface area (Å²) in [6, 6.07) is 0. The highest BCUT2D eigenvalue weighted by molar-refractivity contribution is 6.08. The van der Waals surface area contributed by atoms with Gasteiger partial charge in [-0.15, -0.1) is 0 Å². The molecule has 0 fully saturated rings. The molecule has 0 saturated heterocycles. The van der Waals surface area contributed by atoms with Gasteiger partial charge in [0.15, 0.2) is 11.4 Å². The molecule has 4 nitrogen and oxygen atoms in total. The quantitative estimate of drug-likeness (QED) is 0.350. The van der Waals surface area contributed by atoms with Gasteiger partial charge in [-0.1, -0.05) is 12.2 Å². The zero-order valence-electron chi connectivity index (χ0n) is 8.65. The Balaban J connectivity index is 2.17. The van der Waals surface area contributed by atoms with Gasteiger partial charge in [0.1, 0.15) is 11.7 Å². The minimum absolute atomic E-state index is 0.0711. The fourth-order valence-corrected chi connectivity index (χ4v) is 2.08. The average molecular weight is 226 g/mol. The first kappa shape index (κ1) is 9.75. The van der Waals surface area contributed by atoms with Crippen molar-refractivity contribution in [3.8, 4) is 0 Å². The van der Waals surface area contributed by atoms with Crippen molar-refractivity contribution in [3.05, 3.63) is 52.4 Å². The van der Waals surface area contributed by atoms with Gasteiger partial charge in [0.25, 0.3) is 0 Å². The summed E-state index contributed by atoms with van der Waals surface area (Å²) in [6.45, 7) is 0. The van der Waals surface area contributed by atoms with Gasteiger partial charge in [0.2, 0.25) is 0 Å². The van der Waals surface area contributed by atoms with E-state index in [4.69, 9.17) is 4.74 Å². The van der Waals surface area contributed by atoms with Gasteiger partial charge in [-0.2, -0.15) is 0 Å². The van der Waals surface area contributed by atoms with Crippen molar-refractivity contribution in [1.82, 2.24) is 0 Å². The van der Waals surface area contributed by atoms with Gasteiger partial charge in [-0.3, -0.25) is 4.79 Å². The predicted molar refractivity (Wildman–Crippen MR) is 57.3 cm³/mol. The van der Waals surface area contributed by atoms with Gasteiger partial charge in [0.05, 0.1) is 0 Å². The van der Waals surface area contributed by atoms with E-state index in [1.54, 1.807) is 12.0 Å². The Morgan fingerprint density at radius 3 is 2.82 bits per heavy atom. The maximum Gasteiger partial charge on any atom is 0.355 e. The molecule has 0 bridgehead atoms. The summed E-state index contributed by atoms with van der Waals surface area (Å²) in [5, 5.41) is 0. The second kappa shape index (κ2) is 3.27. The molecule has 0 aromatic rings. The van der Waals surface area contributed by atoms with Crippen molar-refractivity contribution < 1.29 is 19.1 Å². The Morgan fingerprint density at radius 1 is 1.24 bits per heavy atom. The van der Waals surface area contributed by atoms with Crippen LogP contribution >= 0.6 is 0 Å². The summed E-state index contributed by atoms with van der Waals surface area (Å²) >= 11 is 0. The fourth-order valence-electron chi connectivity index (χ4n) is 2.08. The minimum atomic E-state index is -0.692. The molecule has 0 amide bonds. The Morgan fingerprint density at radius 2 is 2.06 bits per heavy atom. The SMILES string of the molecule is O=C=C1C(=O)OC2=C1CC=C1C=CC(=O)C=C12. The van der Waals surface area contributed by atoms with E-state index in [0.29, 0.717) is 23.3 Å². The van der Waals surface area contributed by atoms with E-state index in [1.807, 2.05) is 6.08 Å². The van der Waals surface area contributed by atoms with Gasteiger partial charge in [0, 0.05) is 11.1 Å². The number of carbonyl (C=O) groups is 2. The molecule has 0 atom stereocenters. The summed E-state index contributed by atoms with van der Waals surface area (Å²) in [4.78, 5) is 33.4. The Bertz CT molecular complexity index is 634. The van der Waals surface area contributed by atoms with Crippen molar-refractivity contribution in [1.29, 1.82) is 0 Å². The largest absolute Gasteiger partial charge is 0.421 e. The lowest BCUT2D eigenvalue weighted by Gasteiger charge is -2.17. The molecule has 17 heavy (non-hydrogen) atoms. The van der Waals surface area contributed by atoms with E-state index < -0.39 is 5.97 Å². The number of allylic oxidation sites excluding steroid dienone is 5. The zero-order valence-corrected chi connectivity index (χ0v) is 8.65. The van der Waals surface area contributed by atoms with Crippen LogP contribution in [0.4, 0.5) is 0 Å². The maximum atomic E-state index is 11.4. The molecule has 0 saturated carbocycles.